The molecule has 0 aliphatic carbocycles. The first-order chi connectivity index (χ1) is 14.8. The van der Waals surface area contributed by atoms with Gasteiger partial charge in [-0.2, -0.15) is 0 Å². The van der Waals surface area contributed by atoms with Crippen molar-refractivity contribution in [3.8, 4) is 5.75 Å². The molecule has 0 unspecified atom stereocenters. The van der Waals surface area contributed by atoms with Crippen LogP contribution in [-0.2, 0) is 16.2 Å². The first-order valence-electron chi connectivity index (χ1n) is 10.8. The van der Waals surface area contributed by atoms with Gasteiger partial charge in [0, 0.05) is 25.1 Å². The van der Waals surface area contributed by atoms with Crippen molar-refractivity contribution in [3.63, 3.8) is 0 Å². The summed E-state index contributed by atoms with van der Waals surface area (Å²) < 4.78 is 6.03. The van der Waals surface area contributed by atoms with E-state index in [-0.39, 0.29) is 17.4 Å². The van der Waals surface area contributed by atoms with Crippen molar-refractivity contribution in [2.24, 2.45) is 0 Å². The van der Waals surface area contributed by atoms with Gasteiger partial charge in [-0.3, -0.25) is 9.59 Å². The maximum absolute atomic E-state index is 13.4. The summed E-state index contributed by atoms with van der Waals surface area (Å²) in [4.78, 5) is 26.8. The number of nitrogens with one attached hydrogen (secondary N) is 1. The lowest BCUT2D eigenvalue weighted by Gasteiger charge is -2.48. The number of ether oxygens (including phenoxy) is 1. The quantitative estimate of drug-likeness (QED) is 0.742. The second-order valence-electron chi connectivity index (χ2n) is 9.12. The molecule has 2 aromatic carbocycles. The molecule has 2 fully saturated rings. The van der Waals surface area contributed by atoms with Gasteiger partial charge in [-0.05, 0) is 62.9 Å². The summed E-state index contributed by atoms with van der Waals surface area (Å²) in [5, 5.41) is 3.05. The minimum atomic E-state index is -0.215. The Morgan fingerprint density at radius 3 is 2.42 bits per heavy atom. The molecule has 1 N–H and O–H groups in total. The maximum atomic E-state index is 13.4. The number of carbonyl (C=O) groups excluding carboxylic acids is 2. The van der Waals surface area contributed by atoms with Crippen LogP contribution in [0.25, 0.3) is 5.57 Å². The summed E-state index contributed by atoms with van der Waals surface area (Å²) in [5.74, 6) is 0.852. The van der Waals surface area contributed by atoms with Crippen molar-refractivity contribution in [1.29, 1.82) is 0 Å². The molecule has 5 heteroatoms. The molecule has 2 amide bonds. The summed E-state index contributed by atoms with van der Waals surface area (Å²) in [5.41, 5.74) is 5.75. The molecule has 162 valence electrons. The second-order valence-corrected chi connectivity index (χ2v) is 9.12. The highest BCUT2D eigenvalue weighted by molar-refractivity contribution is 6.21. The molecule has 0 atom stereocenters. The Morgan fingerprint density at radius 2 is 1.81 bits per heavy atom. The predicted octanol–water partition coefficient (Wildman–Crippen LogP) is 4.17. The van der Waals surface area contributed by atoms with Gasteiger partial charge in [0.15, 0.2) is 0 Å². The first kappa shape index (κ1) is 21.2. The van der Waals surface area contributed by atoms with Crippen LogP contribution in [0, 0.1) is 13.8 Å². The van der Waals surface area contributed by atoms with E-state index in [0.29, 0.717) is 26.1 Å². The Balaban J connectivity index is 1.51. The molecular weight excluding hydrogens is 388 g/mol. The molecule has 2 heterocycles. The SMILES string of the molecule is CC(C)=C(C(=O)N1CC2(CCC(=O)N2)C1)c1cc(OCc2ccc(C)cc2)ccc1C. The van der Waals surface area contributed by atoms with E-state index in [1.165, 1.54) is 5.56 Å². The zero-order valence-electron chi connectivity index (χ0n) is 18.7. The van der Waals surface area contributed by atoms with Crippen molar-refractivity contribution in [3.05, 3.63) is 70.3 Å². The van der Waals surface area contributed by atoms with Gasteiger partial charge < -0.3 is 15.0 Å². The van der Waals surface area contributed by atoms with E-state index in [4.69, 9.17) is 4.74 Å². The second kappa shape index (κ2) is 8.22. The molecule has 2 aliphatic heterocycles. The van der Waals surface area contributed by atoms with Crippen LogP contribution in [0.3, 0.4) is 0 Å². The lowest BCUT2D eigenvalue weighted by molar-refractivity contribution is -0.134. The van der Waals surface area contributed by atoms with Crippen molar-refractivity contribution >= 4 is 17.4 Å². The Hall–Kier alpha value is -3.08. The van der Waals surface area contributed by atoms with E-state index < -0.39 is 0 Å². The van der Waals surface area contributed by atoms with Crippen molar-refractivity contribution in [2.75, 3.05) is 13.1 Å². The summed E-state index contributed by atoms with van der Waals surface area (Å²) in [6.45, 7) is 9.67. The number of likely N-dealkylation sites (tertiary alicyclic amines) is 1. The van der Waals surface area contributed by atoms with E-state index in [2.05, 4.69) is 36.5 Å². The van der Waals surface area contributed by atoms with Crippen LogP contribution in [-0.4, -0.2) is 35.3 Å². The third-order valence-corrected chi connectivity index (χ3v) is 6.23. The van der Waals surface area contributed by atoms with Crippen LogP contribution in [0.1, 0.15) is 48.9 Å². The average molecular weight is 419 g/mol. The van der Waals surface area contributed by atoms with Crippen LogP contribution in [0.15, 0.2) is 48.0 Å². The standard InChI is InChI=1S/C26H30N2O3/c1-17(2)24(25(30)28-15-26(16-28)12-11-23(29)27-26)22-13-21(10-7-19(22)4)31-14-20-8-5-18(3)6-9-20/h5-10,13H,11-12,14-16H2,1-4H3,(H,27,29). The van der Waals surface area contributed by atoms with Crippen LogP contribution >= 0.6 is 0 Å². The molecule has 0 bridgehead atoms. The van der Waals surface area contributed by atoms with E-state index >= 15 is 0 Å². The van der Waals surface area contributed by atoms with Crippen LogP contribution in [0.2, 0.25) is 0 Å². The molecule has 2 saturated heterocycles. The normalized spacial score (nSPS) is 16.6. The van der Waals surface area contributed by atoms with Gasteiger partial charge in [-0.25, -0.2) is 0 Å². The van der Waals surface area contributed by atoms with E-state index in [9.17, 15) is 9.59 Å². The van der Waals surface area contributed by atoms with Crippen LogP contribution < -0.4 is 10.1 Å². The Bertz CT molecular complexity index is 1040. The van der Waals surface area contributed by atoms with E-state index in [1.54, 1.807) is 0 Å². The highest BCUT2D eigenvalue weighted by Crippen LogP contribution is 2.35. The van der Waals surface area contributed by atoms with E-state index in [1.807, 2.05) is 43.9 Å². The van der Waals surface area contributed by atoms with E-state index in [0.717, 1.165) is 40.0 Å². The number of allylic oxidation sites excluding steroid dienone is 1. The number of amides is 2. The number of carbonyl (C=O) groups is 2. The van der Waals surface area contributed by atoms with Gasteiger partial charge in [-0.1, -0.05) is 41.5 Å². The van der Waals surface area contributed by atoms with Gasteiger partial charge in [-0.15, -0.1) is 0 Å². The fraction of sp³-hybridized carbons (Fsp3) is 0.385. The van der Waals surface area contributed by atoms with Crippen molar-refractivity contribution in [1.82, 2.24) is 10.2 Å². The fourth-order valence-electron chi connectivity index (χ4n) is 4.41. The summed E-state index contributed by atoms with van der Waals surface area (Å²) >= 11 is 0. The monoisotopic (exact) mass is 418 g/mol. The first-order valence-corrected chi connectivity index (χ1v) is 10.8. The molecule has 0 aromatic heterocycles. The molecule has 0 radical (unpaired) electrons. The van der Waals surface area contributed by atoms with Gasteiger partial charge >= 0.3 is 0 Å². The Labute approximate surface area is 184 Å². The molecule has 2 aliphatic rings. The predicted molar refractivity (Wildman–Crippen MR) is 122 cm³/mol. The third-order valence-electron chi connectivity index (χ3n) is 6.23. The fourth-order valence-corrected chi connectivity index (χ4v) is 4.41. The minimum absolute atomic E-state index is 0.0190. The number of aryl methyl sites for hydroxylation is 2. The minimum Gasteiger partial charge on any atom is -0.489 e. The number of benzene rings is 2. The molecule has 0 saturated carbocycles. The zero-order valence-corrected chi connectivity index (χ0v) is 18.7. The molecule has 5 nitrogen and oxygen atoms in total. The third kappa shape index (κ3) is 4.36. The molecular formula is C26H30N2O3. The number of hydrogen-bond acceptors (Lipinski definition) is 3. The maximum Gasteiger partial charge on any atom is 0.254 e. The number of rotatable bonds is 5. The summed E-state index contributed by atoms with van der Waals surface area (Å²) in [6, 6.07) is 14.2. The van der Waals surface area contributed by atoms with Crippen LogP contribution in [0.5, 0.6) is 5.75 Å². The average Bonchev–Trinajstić information content (AvgIpc) is 3.10. The molecule has 31 heavy (non-hydrogen) atoms. The van der Waals surface area contributed by atoms with Gasteiger partial charge in [0.1, 0.15) is 12.4 Å². The Kier molecular flexibility index (Phi) is 5.61. The van der Waals surface area contributed by atoms with Crippen LogP contribution in [0.4, 0.5) is 0 Å². The Morgan fingerprint density at radius 1 is 1.10 bits per heavy atom. The van der Waals surface area contributed by atoms with Crippen molar-refractivity contribution < 1.29 is 14.3 Å². The van der Waals surface area contributed by atoms with Gasteiger partial charge in [0.25, 0.3) is 5.91 Å². The van der Waals surface area contributed by atoms with Gasteiger partial charge in [0.2, 0.25) is 5.91 Å². The lowest BCUT2D eigenvalue weighted by Crippen LogP contribution is -2.68. The lowest BCUT2D eigenvalue weighted by atomic mass is 9.86. The zero-order chi connectivity index (χ0) is 22.2. The topological polar surface area (TPSA) is 58.6 Å². The molecule has 1 spiro atoms. The number of nitrogens with zero attached hydrogens (tertiary/aromatic N) is 1. The highest BCUT2D eigenvalue weighted by atomic mass is 16.5. The van der Waals surface area contributed by atoms with Crippen molar-refractivity contribution in [2.45, 2.75) is 52.7 Å². The summed E-state index contributed by atoms with van der Waals surface area (Å²) in [6.07, 6.45) is 1.36. The number of hydrogen-bond donors (Lipinski definition) is 1. The highest BCUT2D eigenvalue weighted by Gasteiger charge is 2.49. The largest absolute Gasteiger partial charge is 0.489 e. The molecule has 2 aromatic rings. The summed E-state index contributed by atoms with van der Waals surface area (Å²) in [7, 11) is 0. The van der Waals surface area contributed by atoms with Gasteiger partial charge in [0.05, 0.1) is 5.54 Å². The molecule has 4 rings (SSSR count). The smallest absolute Gasteiger partial charge is 0.254 e.